The first kappa shape index (κ1) is 11.7. The van der Waals surface area contributed by atoms with Gasteiger partial charge in [-0.1, -0.05) is 12.1 Å². The summed E-state index contributed by atoms with van der Waals surface area (Å²) in [5, 5.41) is 0. The summed E-state index contributed by atoms with van der Waals surface area (Å²) in [6, 6.07) is 7.94. The van der Waals surface area contributed by atoms with Crippen molar-refractivity contribution in [3.8, 4) is 0 Å². The van der Waals surface area contributed by atoms with Crippen LogP contribution in [0.2, 0.25) is 0 Å². The van der Waals surface area contributed by atoms with E-state index in [9.17, 15) is 4.79 Å². The Morgan fingerprint density at radius 1 is 1.33 bits per heavy atom. The van der Waals surface area contributed by atoms with Crippen molar-refractivity contribution in [1.29, 1.82) is 0 Å². The molecule has 0 saturated heterocycles. The molecule has 0 aliphatic rings. The number of hydrogen-bond acceptors (Lipinski definition) is 2. The van der Waals surface area contributed by atoms with Crippen molar-refractivity contribution in [3.05, 3.63) is 29.8 Å². The molecule has 0 radical (unpaired) electrons. The van der Waals surface area contributed by atoms with Gasteiger partial charge in [-0.3, -0.25) is 4.79 Å². The molecule has 0 unspecified atom stereocenters. The van der Waals surface area contributed by atoms with Gasteiger partial charge in [0.05, 0.1) is 0 Å². The Bertz CT molecular complexity index is 330. The Balaban J connectivity index is 2.97. The zero-order chi connectivity index (χ0) is 11.4. The summed E-state index contributed by atoms with van der Waals surface area (Å²) >= 11 is 0. The first-order valence-corrected chi connectivity index (χ1v) is 5.15. The van der Waals surface area contributed by atoms with Crippen molar-refractivity contribution in [2.24, 2.45) is 5.73 Å². The molecule has 0 aromatic heterocycles. The van der Waals surface area contributed by atoms with E-state index in [0.717, 1.165) is 11.3 Å². The van der Waals surface area contributed by atoms with E-state index in [1.807, 2.05) is 38.1 Å². The molecule has 1 aromatic carbocycles. The highest BCUT2D eigenvalue weighted by molar-refractivity contribution is 5.91. The van der Waals surface area contributed by atoms with Gasteiger partial charge >= 0.3 is 0 Å². The Hall–Kier alpha value is -1.35. The molecule has 0 saturated carbocycles. The molecule has 1 aromatic rings. The summed E-state index contributed by atoms with van der Waals surface area (Å²) in [6.07, 6.45) is 0. The Labute approximate surface area is 90.9 Å². The average molecular weight is 206 g/mol. The van der Waals surface area contributed by atoms with Crippen LogP contribution in [0.5, 0.6) is 0 Å². The highest BCUT2D eigenvalue weighted by Crippen LogP contribution is 2.17. The van der Waals surface area contributed by atoms with Crippen LogP contribution in [0.3, 0.4) is 0 Å². The molecular weight excluding hydrogens is 188 g/mol. The van der Waals surface area contributed by atoms with Gasteiger partial charge in [0.2, 0.25) is 5.91 Å². The minimum Gasteiger partial charge on any atom is -0.326 e. The van der Waals surface area contributed by atoms with Gasteiger partial charge < -0.3 is 10.6 Å². The lowest BCUT2D eigenvalue weighted by molar-refractivity contribution is -0.116. The summed E-state index contributed by atoms with van der Waals surface area (Å²) in [5.74, 6) is 0.0606. The highest BCUT2D eigenvalue weighted by Gasteiger charge is 2.14. The molecule has 0 fully saturated rings. The number of benzene rings is 1. The van der Waals surface area contributed by atoms with Gasteiger partial charge in [-0.25, -0.2) is 0 Å². The third-order valence-electron chi connectivity index (χ3n) is 2.31. The van der Waals surface area contributed by atoms with E-state index in [1.165, 1.54) is 0 Å². The number of anilines is 1. The van der Waals surface area contributed by atoms with Gasteiger partial charge in [0.15, 0.2) is 0 Å². The van der Waals surface area contributed by atoms with E-state index in [1.54, 1.807) is 11.8 Å². The predicted octanol–water partition coefficient (Wildman–Crippen LogP) is 1.91. The standard InChI is InChI=1S/C12H18N2O/c1-9(2)14(10(3)15)12-6-4-11(8-13)5-7-12/h4-7,9H,8,13H2,1-3H3. The van der Waals surface area contributed by atoms with Crippen LogP contribution in [0, 0.1) is 0 Å². The summed E-state index contributed by atoms with van der Waals surface area (Å²) in [7, 11) is 0. The van der Waals surface area contributed by atoms with Crippen molar-refractivity contribution in [1.82, 2.24) is 0 Å². The van der Waals surface area contributed by atoms with Crippen LogP contribution < -0.4 is 10.6 Å². The normalized spacial score (nSPS) is 10.5. The van der Waals surface area contributed by atoms with E-state index in [0.29, 0.717) is 6.54 Å². The zero-order valence-electron chi connectivity index (χ0n) is 9.53. The largest absolute Gasteiger partial charge is 0.326 e. The predicted molar refractivity (Wildman–Crippen MR) is 62.6 cm³/mol. The maximum Gasteiger partial charge on any atom is 0.224 e. The molecule has 0 bridgehead atoms. The lowest BCUT2D eigenvalue weighted by Gasteiger charge is -2.25. The fraction of sp³-hybridized carbons (Fsp3) is 0.417. The molecular formula is C12H18N2O. The molecule has 2 N–H and O–H groups in total. The summed E-state index contributed by atoms with van der Waals surface area (Å²) in [4.78, 5) is 13.2. The summed E-state index contributed by atoms with van der Waals surface area (Å²) < 4.78 is 0. The second kappa shape index (κ2) is 4.94. The first-order chi connectivity index (χ1) is 7.06. The first-order valence-electron chi connectivity index (χ1n) is 5.15. The van der Waals surface area contributed by atoms with Gasteiger partial charge in [-0.05, 0) is 31.5 Å². The van der Waals surface area contributed by atoms with Crippen molar-refractivity contribution in [3.63, 3.8) is 0 Å². The highest BCUT2D eigenvalue weighted by atomic mass is 16.2. The molecule has 0 heterocycles. The summed E-state index contributed by atoms with van der Waals surface area (Å²) in [5.41, 5.74) is 7.52. The van der Waals surface area contributed by atoms with E-state index in [2.05, 4.69) is 0 Å². The van der Waals surface area contributed by atoms with Gasteiger partial charge in [0.1, 0.15) is 0 Å². The third-order valence-corrected chi connectivity index (χ3v) is 2.31. The van der Waals surface area contributed by atoms with Gasteiger partial charge in [0, 0.05) is 25.2 Å². The Kier molecular flexibility index (Phi) is 3.86. The lowest BCUT2D eigenvalue weighted by Crippen LogP contribution is -2.35. The maximum atomic E-state index is 11.4. The molecule has 0 spiro atoms. The Morgan fingerprint density at radius 3 is 2.20 bits per heavy atom. The number of nitrogens with two attached hydrogens (primary N) is 1. The molecule has 3 nitrogen and oxygen atoms in total. The molecule has 15 heavy (non-hydrogen) atoms. The smallest absolute Gasteiger partial charge is 0.224 e. The maximum absolute atomic E-state index is 11.4. The van der Waals surface area contributed by atoms with Gasteiger partial charge in [-0.15, -0.1) is 0 Å². The van der Waals surface area contributed by atoms with Crippen molar-refractivity contribution in [2.75, 3.05) is 4.90 Å². The molecule has 0 aliphatic carbocycles. The van der Waals surface area contributed by atoms with Crippen LogP contribution in [0.4, 0.5) is 5.69 Å². The minimum absolute atomic E-state index is 0.0606. The second-order valence-corrected chi connectivity index (χ2v) is 3.85. The number of nitrogens with zero attached hydrogens (tertiary/aromatic N) is 1. The number of carbonyl (C=O) groups excluding carboxylic acids is 1. The van der Waals surface area contributed by atoms with E-state index in [4.69, 9.17) is 5.73 Å². The molecule has 1 rings (SSSR count). The fourth-order valence-corrected chi connectivity index (χ4v) is 1.64. The topological polar surface area (TPSA) is 46.3 Å². The van der Waals surface area contributed by atoms with Crippen molar-refractivity contribution < 1.29 is 4.79 Å². The third kappa shape index (κ3) is 2.80. The monoisotopic (exact) mass is 206 g/mol. The van der Waals surface area contributed by atoms with E-state index < -0.39 is 0 Å². The number of amides is 1. The van der Waals surface area contributed by atoms with Crippen LogP contribution in [0.25, 0.3) is 0 Å². The number of hydrogen-bond donors (Lipinski definition) is 1. The molecule has 82 valence electrons. The fourth-order valence-electron chi connectivity index (χ4n) is 1.64. The van der Waals surface area contributed by atoms with Crippen molar-refractivity contribution >= 4 is 11.6 Å². The van der Waals surface area contributed by atoms with Gasteiger partial charge in [0.25, 0.3) is 0 Å². The minimum atomic E-state index is 0.0606. The molecule has 1 amide bonds. The number of carbonyl (C=O) groups is 1. The van der Waals surface area contributed by atoms with Crippen molar-refractivity contribution in [2.45, 2.75) is 33.4 Å². The van der Waals surface area contributed by atoms with Crippen LogP contribution in [-0.2, 0) is 11.3 Å². The van der Waals surface area contributed by atoms with E-state index in [-0.39, 0.29) is 11.9 Å². The molecule has 0 atom stereocenters. The van der Waals surface area contributed by atoms with Crippen LogP contribution in [0.15, 0.2) is 24.3 Å². The summed E-state index contributed by atoms with van der Waals surface area (Å²) in [6.45, 7) is 6.11. The molecule has 3 heteroatoms. The Morgan fingerprint density at radius 2 is 1.87 bits per heavy atom. The average Bonchev–Trinajstić information content (AvgIpc) is 2.18. The quantitative estimate of drug-likeness (QED) is 0.821. The van der Waals surface area contributed by atoms with Crippen LogP contribution >= 0.6 is 0 Å². The number of rotatable bonds is 3. The van der Waals surface area contributed by atoms with Crippen LogP contribution in [0.1, 0.15) is 26.3 Å². The van der Waals surface area contributed by atoms with Crippen LogP contribution in [-0.4, -0.2) is 11.9 Å². The van der Waals surface area contributed by atoms with E-state index >= 15 is 0 Å². The van der Waals surface area contributed by atoms with Gasteiger partial charge in [-0.2, -0.15) is 0 Å². The molecule has 0 aliphatic heterocycles. The SMILES string of the molecule is CC(=O)N(c1ccc(CN)cc1)C(C)C. The zero-order valence-corrected chi connectivity index (χ0v) is 9.53. The lowest BCUT2D eigenvalue weighted by atomic mass is 10.1. The second-order valence-electron chi connectivity index (χ2n) is 3.85.